The van der Waals surface area contributed by atoms with Crippen LogP contribution < -0.4 is 10.1 Å². The first-order valence-corrected chi connectivity index (χ1v) is 8.26. The Labute approximate surface area is 147 Å². The SMILES string of the molecule is CCOc1ccc(NC(=O)c2ccc(Cn3ccnc3C)cc2)cc1. The van der Waals surface area contributed by atoms with E-state index in [2.05, 4.69) is 14.9 Å². The third-order valence-electron chi connectivity index (χ3n) is 3.92. The number of benzene rings is 2. The molecule has 0 atom stereocenters. The van der Waals surface area contributed by atoms with E-state index in [1.165, 1.54) is 0 Å². The van der Waals surface area contributed by atoms with E-state index in [0.717, 1.165) is 29.4 Å². The summed E-state index contributed by atoms with van der Waals surface area (Å²) >= 11 is 0. The highest BCUT2D eigenvalue weighted by molar-refractivity contribution is 6.04. The summed E-state index contributed by atoms with van der Waals surface area (Å²) in [6, 6.07) is 15.0. The van der Waals surface area contributed by atoms with Crippen molar-refractivity contribution in [2.75, 3.05) is 11.9 Å². The molecule has 1 heterocycles. The maximum Gasteiger partial charge on any atom is 0.255 e. The molecule has 0 radical (unpaired) electrons. The van der Waals surface area contributed by atoms with Crippen LogP contribution in [-0.2, 0) is 6.54 Å². The minimum atomic E-state index is -0.130. The first-order chi connectivity index (χ1) is 12.2. The zero-order valence-electron chi connectivity index (χ0n) is 14.4. The second-order valence-electron chi connectivity index (χ2n) is 5.71. The molecule has 3 aromatic rings. The first kappa shape index (κ1) is 16.8. The van der Waals surface area contributed by atoms with Gasteiger partial charge in [0, 0.05) is 30.2 Å². The molecule has 5 nitrogen and oxygen atoms in total. The lowest BCUT2D eigenvalue weighted by atomic mass is 10.1. The number of rotatable bonds is 6. The van der Waals surface area contributed by atoms with E-state index in [4.69, 9.17) is 4.74 Å². The Morgan fingerprint density at radius 2 is 1.84 bits per heavy atom. The number of anilines is 1. The summed E-state index contributed by atoms with van der Waals surface area (Å²) in [5.74, 6) is 1.63. The van der Waals surface area contributed by atoms with E-state index in [1.807, 2.05) is 68.6 Å². The number of aryl methyl sites for hydroxylation is 1. The van der Waals surface area contributed by atoms with Crippen molar-refractivity contribution in [3.63, 3.8) is 0 Å². The van der Waals surface area contributed by atoms with Gasteiger partial charge in [0.15, 0.2) is 0 Å². The van der Waals surface area contributed by atoms with Gasteiger partial charge < -0.3 is 14.6 Å². The fourth-order valence-corrected chi connectivity index (χ4v) is 2.53. The van der Waals surface area contributed by atoms with Crippen LogP contribution in [0.15, 0.2) is 60.9 Å². The normalized spacial score (nSPS) is 10.5. The predicted molar refractivity (Wildman–Crippen MR) is 98.1 cm³/mol. The Kier molecular flexibility index (Phi) is 5.14. The number of imidazole rings is 1. The maximum absolute atomic E-state index is 12.3. The lowest BCUT2D eigenvalue weighted by molar-refractivity contribution is 0.102. The Balaban J connectivity index is 1.63. The minimum absolute atomic E-state index is 0.130. The summed E-state index contributed by atoms with van der Waals surface area (Å²) in [4.78, 5) is 16.6. The molecular formula is C20H21N3O2. The molecule has 0 saturated carbocycles. The average molecular weight is 335 g/mol. The van der Waals surface area contributed by atoms with Gasteiger partial charge in [0.25, 0.3) is 5.91 Å². The maximum atomic E-state index is 12.3. The van der Waals surface area contributed by atoms with Crippen LogP contribution in [0.5, 0.6) is 5.75 Å². The fourth-order valence-electron chi connectivity index (χ4n) is 2.53. The van der Waals surface area contributed by atoms with E-state index in [-0.39, 0.29) is 5.91 Å². The van der Waals surface area contributed by atoms with Crippen molar-refractivity contribution in [3.05, 3.63) is 77.9 Å². The number of carbonyl (C=O) groups excluding carboxylic acids is 1. The van der Waals surface area contributed by atoms with Gasteiger partial charge in [-0.05, 0) is 55.8 Å². The topological polar surface area (TPSA) is 56.1 Å². The summed E-state index contributed by atoms with van der Waals surface area (Å²) in [5.41, 5.74) is 2.49. The van der Waals surface area contributed by atoms with Gasteiger partial charge in [0.05, 0.1) is 6.61 Å². The quantitative estimate of drug-likeness (QED) is 0.743. The molecule has 0 aliphatic carbocycles. The molecular weight excluding hydrogens is 314 g/mol. The average Bonchev–Trinajstić information content (AvgIpc) is 3.02. The zero-order valence-corrected chi connectivity index (χ0v) is 14.4. The van der Waals surface area contributed by atoms with Crippen molar-refractivity contribution in [3.8, 4) is 5.75 Å². The molecule has 128 valence electrons. The first-order valence-electron chi connectivity index (χ1n) is 8.26. The van der Waals surface area contributed by atoms with E-state index in [0.29, 0.717) is 12.2 Å². The zero-order chi connectivity index (χ0) is 17.6. The molecule has 1 aromatic heterocycles. The molecule has 0 bridgehead atoms. The van der Waals surface area contributed by atoms with Gasteiger partial charge in [-0.25, -0.2) is 4.98 Å². The standard InChI is InChI=1S/C20H21N3O2/c1-3-25-19-10-8-18(9-11-19)22-20(24)17-6-4-16(5-7-17)14-23-13-12-21-15(23)2/h4-13H,3,14H2,1-2H3,(H,22,24). The molecule has 1 amide bonds. The molecule has 0 aliphatic heterocycles. The lowest BCUT2D eigenvalue weighted by Crippen LogP contribution is -2.12. The Morgan fingerprint density at radius 3 is 2.44 bits per heavy atom. The van der Waals surface area contributed by atoms with Crippen molar-refractivity contribution < 1.29 is 9.53 Å². The molecule has 1 N–H and O–H groups in total. The highest BCUT2D eigenvalue weighted by atomic mass is 16.5. The van der Waals surface area contributed by atoms with Gasteiger partial charge in [-0.2, -0.15) is 0 Å². The molecule has 25 heavy (non-hydrogen) atoms. The second kappa shape index (κ2) is 7.66. The molecule has 5 heteroatoms. The highest BCUT2D eigenvalue weighted by Crippen LogP contribution is 2.17. The van der Waals surface area contributed by atoms with Crippen LogP contribution >= 0.6 is 0 Å². The van der Waals surface area contributed by atoms with E-state index < -0.39 is 0 Å². The number of nitrogens with zero attached hydrogens (tertiary/aromatic N) is 2. The summed E-state index contributed by atoms with van der Waals surface area (Å²) in [6.45, 7) is 5.27. The van der Waals surface area contributed by atoms with Crippen molar-refractivity contribution in [1.29, 1.82) is 0 Å². The van der Waals surface area contributed by atoms with Crippen molar-refractivity contribution >= 4 is 11.6 Å². The van der Waals surface area contributed by atoms with Crippen molar-refractivity contribution in [2.45, 2.75) is 20.4 Å². The molecule has 3 rings (SSSR count). The summed E-state index contributed by atoms with van der Waals surface area (Å²) in [7, 11) is 0. The molecule has 0 aliphatic rings. The van der Waals surface area contributed by atoms with Gasteiger partial charge in [-0.15, -0.1) is 0 Å². The second-order valence-corrected chi connectivity index (χ2v) is 5.71. The van der Waals surface area contributed by atoms with Crippen LogP contribution in [0, 0.1) is 6.92 Å². The lowest BCUT2D eigenvalue weighted by Gasteiger charge is -2.09. The summed E-state index contributed by atoms with van der Waals surface area (Å²) in [6.07, 6.45) is 3.73. The van der Waals surface area contributed by atoms with Crippen LogP contribution in [0.25, 0.3) is 0 Å². The van der Waals surface area contributed by atoms with Gasteiger partial charge >= 0.3 is 0 Å². The predicted octanol–water partition coefficient (Wildman–Crippen LogP) is 3.89. The number of aromatic nitrogens is 2. The summed E-state index contributed by atoms with van der Waals surface area (Å²) in [5, 5.41) is 2.89. The third kappa shape index (κ3) is 4.26. The minimum Gasteiger partial charge on any atom is -0.494 e. The number of ether oxygens (including phenoxy) is 1. The van der Waals surface area contributed by atoms with E-state index >= 15 is 0 Å². The monoisotopic (exact) mass is 335 g/mol. The van der Waals surface area contributed by atoms with Gasteiger partial charge in [-0.1, -0.05) is 12.1 Å². The van der Waals surface area contributed by atoms with Crippen LogP contribution in [-0.4, -0.2) is 22.1 Å². The number of hydrogen-bond acceptors (Lipinski definition) is 3. The third-order valence-corrected chi connectivity index (χ3v) is 3.92. The Hall–Kier alpha value is -3.08. The fraction of sp³-hybridized carbons (Fsp3) is 0.200. The highest BCUT2D eigenvalue weighted by Gasteiger charge is 2.07. The van der Waals surface area contributed by atoms with Gasteiger partial charge in [-0.3, -0.25) is 4.79 Å². The largest absolute Gasteiger partial charge is 0.494 e. The van der Waals surface area contributed by atoms with Crippen LogP contribution in [0.4, 0.5) is 5.69 Å². The summed E-state index contributed by atoms with van der Waals surface area (Å²) < 4.78 is 7.46. The van der Waals surface area contributed by atoms with Gasteiger partial charge in [0.1, 0.15) is 11.6 Å². The van der Waals surface area contributed by atoms with Gasteiger partial charge in [0.2, 0.25) is 0 Å². The van der Waals surface area contributed by atoms with Crippen molar-refractivity contribution in [1.82, 2.24) is 9.55 Å². The Bertz CT molecular complexity index is 836. The molecule has 0 fully saturated rings. The number of nitrogens with one attached hydrogen (secondary N) is 1. The molecule has 0 saturated heterocycles. The molecule has 0 unspecified atom stereocenters. The van der Waals surface area contributed by atoms with E-state index in [9.17, 15) is 4.79 Å². The molecule has 0 spiro atoms. The van der Waals surface area contributed by atoms with Crippen LogP contribution in [0.2, 0.25) is 0 Å². The number of hydrogen-bond donors (Lipinski definition) is 1. The van der Waals surface area contributed by atoms with Crippen molar-refractivity contribution in [2.24, 2.45) is 0 Å². The number of carbonyl (C=O) groups is 1. The Morgan fingerprint density at radius 1 is 1.12 bits per heavy atom. The van der Waals surface area contributed by atoms with Crippen LogP contribution in [0.1, 0.15) is 28.7 Å². The number of amides is 1. The van der Waals surface area contributed by atoms with Crippen LogP contribution in [0.3, 0.4) is 0 Å². The van der Waals surface area contributed by atoms with E-state index in [1.54, 1.807) is 6.20 Å². The smallest absolute Gasteiger partial charge is 0.255 e. The molecule has 2 aromatic carbocycles.